The highest BCUT2D eigenvalue weighted by Crippen LogP contribution is 2.26. The molecule has 0 aromatic heterocycles. The molecule has 0 saturated carbocycles. The highest BCUT2D eigenvalue weighted by Gasteiger charge is 2.21. The summed E-state index contributed by atoms with van der Waals surface area (Å²) in [4.78, 5) is 39.5. The number of ether oxygens (including phenoxy) is 1. The minimum atomic E-state index is -1.19. The Morgan fingerprint density at radius 2 is 1.78 bits per heavy atom. The molecule has 2 aromatic rings. The van der Waals surface area contributed by atoms with E-state index in [-0.39, 0.29) is 34.8 Å². The minimum absolute atomic E-state index is 0.0375. The molecule has 0 heterocycles. The Balaban J connectivity index is 2.06. The molecule has 0 aliphatic carbocycles. The Morgan fingerprint density at radius 3 is 2.34 bits per heavy atom. The molecule has 0 spiro atoms. The molecule has 2 rings (SSSR count). The lowest BCUT2D eigenvalue weighted by Crippen LogP contribution is -2.43. The van der Waals surface area contributed by atoms with Crippen LogP contribution in [-0.2, 0) is 16.0 Å². The summed E-state index contributed by atoms with van der Waals surface area (Å²) in [6, 6.07) is 9.84. The number of aliphatic carboxylic acids is 1. The highest BCUT2D eigenvalue weighted by atomic mass is 35.5. The lowest BCUT2D eigenvalue weighted by Gasteiger charge is -2.16. The number of carboxylic acid groups (broad SMARTS) is 1. The van der Waals surface area contributed by atoms with Gasteiger partial charge >= 0.3 is 12.1 Å². The molecular weight excluding hydrogens is 438 g/mol. The van der Waals surface area contributed by atoms with Crippen LogP contribution in [0.3, 0.4) is 0 Å². The third-order valence-corrected chi connectivity index (χ3v) is 4.36. The topological polar surface area (TPSA) is 169 Å². The van der Waals surface area contributed by atoms with Gasteiger partial charge in [0.15, 0.2) is 5.96 Å². The maximum absolute atomic E-state index is 12.5. The number of hydrogen-bond donors (Lipinski definition) is 5. The number of hydrogen-bond acceptors (Lipinski definition) is 5. The molecule has 0 radical (unpaired) electrons. The van der Waals surface area contributed by atoms with Gasteiger partial charge in [0.2, 0.25) is 0 Å². The molecule has 0 aliphatic heterocycles. The highest BCUT2D eigenvalue weighted by molar-refractivity contribution is 6.33. The van der Waals surface area contributed by atoms with Gasteiger partial charge in [0.1, 0.15) is 6.04 Å². The molecule has 2 amide bonds. The van der Waals surface area contributed by atoms with Crippen molar-refractivity contribution in [2.24, 2.45) is 16.5 Å². The number of nitrogens with one attached hydrogen (secondary N) is 2. The molecule has 0 fully saturated rings. The quantitative estimate of drug-likeness (QED) is 0.297. The zero-order valence-corrected chi connectivity index (χ0v) is 18.2. The first kappa shape index (κ1) is 24.5. The molecule has 0 saturated heterocycles. The van der Waals surface area contributed by atoms with Crippen LogP contribution < -0.4 is 22.1 Å². The summed E-state index contributed by atoms with van der Waals surface area (Å²) in [5, 5.41) is 14.7. The average Bonchev–Trinajstić information content (AvgIpc) is 2.69. The van der Waals surface area contributed by atoms with E-state index < -0.39 is 24.0 Å². The predicted octanol–water partition coefficient (Wildman–Crippen LogP) is 2.63. The fourth-order valence-electron chi connectivity index (χ4n) is 2.63. The standard InChI is InChI=1S/C21H24ClN5O5/c1-11(2)32-21(31)27-17(19(29)30)9-12-3-6-14(7-4-12)25-18(28)13-5-8-15(22)16(10-13)26-20(23)24/h3-8,10-11,17H,9H2,1-2H3,(H,25,28)(H,27,31)(H,29,30)(H4,23,24,26). The zero-order valence-electron chi connectivity index (χ0n) is 17.5. The van der Waals surface area contributed by atoms with Crippen LogP contribution in [0.1, 0.15) is 29.8 Å². The summed E-state index contributed by atoms with van der Waals surface area (Å²) in [5.41, 5.74) is 12.4. The first-order valence-electron chi connectivity index (χ1n) is 9.54. The monoisotopic (exact) mass is 461 g/mol. The molecule has 7 N–H and O–H groups in total. The SMILES string of the molecule is CC(C)OC(=O)NC(Cc1ccc(NC(=O)c2ccc(Cl)c(N=C(N)N)c2)cc1)C(=O)O. The lowest BCUT2D eigenvalue weighted by molar-refractivity contribution is -0.139. The average molecular weight is 462 g/mol. The van der Waals surface area contributed by atoms with Crippen molar-refractivity contribution >= 4 is 46.9 Å². The largest absolute Gasteiger partial charge is 0.480 e. The van der Waals surface area contributed by atoms with Gasteiger partial charge < -0.3 is 31.9 Å². The van der Waals surface area contributed by atoms with Crippen molar-refractivity contribution in [1.82, 2.24) is 5.32 Å². The van der Waals surface area contributed by atoms with Crippen molar-refractivity contribution in [3.05, 3.63) is 58.6 Å². The Kier molecular flexibility index (Phi) is 8.42. The Bertz CT molecular complexity index is 1020. The number of nitrogens with zero attached hydrogens (tertiary/aromatic N) is 1. The number of nitrogens with two attached hydrogens (primary N) is 2. The van der Waals surface area contributed by atoms with E-state index in [4.69, 9.17) is 27.8 Å². The van der Waals surface area contributed by atoms with Crippen molar-refractivity contribution in [2.45, 2.75) is 32.4 Å². The van der Waals surface area contributed by atoms with E-state index in [1.54, 1.807) is 38.1 Å². The summed E-state index contributed by atoms with van der Waals surface area (Å²) in [5.74, 6) is -1.79. The first-order chi connectivity index (χ1) is 15.0. The summed E-state index contributed by atoms with van der Waals surface area (Å²) in [7, 11) is 0. The van der Waals surface area contributed by atoms with Crippen LogP contribution in [0, 0.1) is 0 Å². The number of aliphatic imine (C=N–C) groups is 1. The number of carboxylic acids is 1. The van der Waals surface area contributed by atoms with E-state index in [1.165, 1.54) is 18.2 Å². The normalized spacial score (nSPS) is 11.4. The molecule has 0 aliphatic rings. The van der Waals surface area contributed by atoms with Crippen molar-refractivity contribution in [3.63, 3.8) is 0 Å². The van der Waals surface area contributed by atoms with Crippen LogP contribution in [0.2, 0.25) is 5.02 Å². The number of guanidine groups is 1. The lowest BCUT2D eigenvalue weighted by atomic mass is 10.1. The van der Waals surface area contributed by atoms with Gasteiger partial charge in [-0.15, -0.1) is 0 Å². The van der Waals surface area contributed by atoms with Crippen LogP contribution >= 0.6 is 11.6 Å². The van der Waals surface area contributed by atoms with E-state index in [9.17, 15) is 19.5 Å². The molecule has 0 bridgehead atoms. The first-order valence-corrected chi connectivity index (χ1v) is 9.92. The van der Waals surface area contributed by atoms with E-state index in [2.05, 4.69) is 15.6 Å². The molecular formula is C21H24ClN5O5. The number of alkyl carbamates (subject to hydrolysis) is 1. The summed E-state index contributed by atoms with van der Waals surface area (Å²) < 4.78 is 4.92. The predicted molar refractivity (Wildman–Crippen MR) is 121 cm³/mol. The molecule has 1 unspecified atom stereocenters. The summed E-state index contributed by atoms with van der Waals surface area (Å²) >= 11 is 6.02. The van der Waals surface area contributed by atoms with Gasteiger partial charge in [-0.1, -0.05) is 23.7 Å². The second kappa shape index (κ2) is 11.0. The smallest absolute Gasteiger partial charge is 0.408 e. The number of amides is 2. The Hall–Kier alpha value is -3.79. The van der Waals surface area contributed by atoms with Gasteiger partial charge in [0.25, 0.3) is 5.91 Å². The van der Waals surface area contributed by atoms with Crippen LogP contribution in [0.15, 0.2) is 47.5 Å². The van der Waals surface area contributed by atoms with E-state index in [0.29, 0.717) is 11.3 Å². The Morgan fingerprint density at radius 1 is 1.12 bits per heavy atom. The van der Waals surface area contributed by atoms with E-state index in [0.717, 1.165) is 0 Å². The number of rotatable bonds is 8. The van der Waals surface area contributed by atoms with Crippen molar-refractivity contribution < 1.29 is 24.2 Å². The van der Waals surface area contributed by atoms with Gasteiger partial charge in [0.05, 0.1) is 16.8 Å². The van der Waals surface area contributed by atoms with Crippen LogP contribution in [0.4, 0.5) is 16.2 Å². The van der Waals surface area contributed by atoms with Gasteiger partial charge in [-0.2, -0.15) is 0 Å². The number of halogens is 1. The molecule has 11 heteroatoms. The van der Waals surface area contributed by atoms with Gasteiger partial charge in [-0.3, -0.25) is 4.79 Å². The van der Waals surface area contributed by atoms with Gasteiger partial charge in [0, 0.05) is 17.7 Å². The maximum Gasteiger partial charge on any atom is 0.408 e. The number of carbonyl (C=O) groups is 3. The van der Waals surface area contributed by atoms with Gasteiger partial charge in [-0.05, 0) is 49.7 Å². The molecule has 32 heavy (non-hydrogen) atoms. The fourth-order valence-corrected chi connectivity index (χ4v) is 2.79. The third-order valence-electron chi connectivity index (χ3n) is 4.04. The molecule has 2 aromatic carbocycles. The zero-order chi connectivity index (χ0) is 23.8. The second-order valence-corrected chi connectivity index (χ2v) is 7.45. The summed E-state index contributed by atoms with van der Waals surface area (Å²) in [6.07, 6.45) is -1.14. The van der Waals surface area contributed by atoms with Crippen LogP contribution in [0.5, 0.6) is 0 Å². The minimum Gasteiger partial charge on any atom is -0.480 e. The fraction of sp³-hybridized carbons (Fsp3) is 0.238. The molecule has 10 nitrogen and oxygen atoms in total. The van der Waals surface area contributed by atoms with Crippen LogP contribution in [0.25, 0.3) is 0 Å². The van der Waals surface area contributed by atoms with E-state index in [1.807, 2.05) is 0 Å². The Labute approximate surface area is 189 Å². The maximum atomic E-state index is 12.5. The number of carbonyl (C=O) groups excluding carboxylic acids is 2. The van der Waals surface area contributed by atoms with Crippen molar-refractivity contribution in [3.8, 4) is 0 Å². The second-order valence-electron chi connectivity index (χ2n) is 7.05. The third kappa shape index (κ3) is 7.47. The number of anilines is 1. The number of benzene rings is 2. The molecule has 1 atom stereocenters. The summed E-state index contributed by atoms with van der Waals surface area (Å²) in [6.45, 7) is 3.32. The van der Waals surface area contributed by atoms with Crippen molar-refractivity contribution in [1.29, 1.82) is 0 Å². The molecule has 170 valence electrons. The van der Waals surface area contributed by atoms with Crippen LogP contribution in [-0.4, -0.2) is 41.2 Å². The van der Waals surface area contributed by atoms with Gasteiger partial charge in [-0.25, -0.2) is 14.6 Å². The van der Waals surface area contributed by atoms with E-state index >= 15 is 0 Å². The van der Waals surface area contributed by atoms with Crippen molar-refractivity contribution in [2.75, 3.05) is 5.32 Å².